The molecule has 21 heavy (non-hydrogen) atoms. The van der Waals surface area contributed by atoms with Crippen LogP contribution in [-0.4, -0.2) is 35.8 Å². The van der Waals surface area contributed by atoms with E-state index in [0.29, 0.717) is 19.8 Å². The summed E-state index contributed by atoms with van der Waals surface area (Å²) in [5.41, 5.74) is 0.651. The monoisotopic (exact) mass is 289 g/mol. The molecule has 1 aromatic rings. The number of hydrogen-bond acceptors (Lipinski definition) is 3. The summed E-state index contributed by atoms with van der Waals surface area (Å²) in [7, 11) is 0. The molecular weight excluding hydrogens is 266 g/mol. The van der Waals surface area contributed by atoms with Crippen LogP contribution in [0.4, 0.5) is 4.79 Å². The molecule has 2 rings (SSSR count). The van der Waals surface area contributed by atoms with Crippen molar-refractivity contribution >= 4 is 6.09 Å². The van der Waals surface area contributed by atoms with E-state index in [4.69, 9.17) is 9.47 Å². The number of ether oxygens (including phenoxy) is 2. The van der Waals surface area contributed by atoms with E-state index in [2.05, 4.69) is 0 Å². The van der Waals surface area contributed by atoms with Crippen LogP contribution in [0, 0.1) is 0 Å². The Balaban J connectivity index is 1.82. The molecule has 0 spiro atoms. The lowest BCUT2D eigenvalue weighted by molar-refractivity contribution is 0.0122. The molecule has 1 amide bonds. The highest BCUT2D eigenvalue weighted by atomic mass is 16.6. The smallest absolute Gasteiger partial charge is 0.411 e. The first-order valence-corrected chi connectivity index (χ1v) is 7.24. The van der Waals surface area contributed by atoms with Gasteiger partial charge in [0, 0.05) is 6.54 Å². The Kier molecular flexibility index (Phi) is 5.02. The van der Waals surface area contributed by atoms with Gasteiger partial charge in [-0.1, -0.05) is 42.5 Å². The zero-order valence-corrected chi connectivity index (χ0v) is 12.9. The van der Waals surface area contributed by atoms with Gasteiger partial charge in [0.15, 0.2) is 0 Å². The summed E-state index contributed by atoms with van der Waals surface area (Å²) < 4.78 is 11.1. The molecule has 4 heteroatoms. The SMILES string of the molecule is CC(C)(C)OC(=O)N1CC=C[C@H]1COCc1ccccc1. The van der Waals surface area contributed by atoms with Crippen LogP contribution in [0.2, 0.25) is 0 Å². The molecule has 0 aromatic heterocycles. The summed E-state index contributed by atoms with van der Waals surface area (Å²) in [5, 5.41) is 0. The molecule has 0 unspecified atom stereocenters. The molecule has 114 valence electrons. The fourth-order valence-electron chi connectivity index (χ4n) is 2.12. The van der Waals surface area contributed by atoms with Crippen LogP contribution >= 0.6 is 0 Å². The lowest BCUT2D eigenvalue weighted by atomic mass is 10.2. The van der Waals surface area contributed by atoms with E-state index in [0.717, 1.165) is 5.56 Å². The van der Waals surface area contributed by atoms with E-state index in [1.54, 1.807) is 4.90 Å². The molecule has 4 nitrogen and oxygen atoms in total. The molecular formula is C17H23NO3. The molecule has 0 fully saturated rings. The van der Waals surface area contributed by atoms with E-state index in [1.165, 1.54) is 0 Å². The molecule has 0 saturated heterocycles. The van der Waals surface area contributed by atoms with Crippen molar-refractivity contribution < 1.29 is 14.3 Å². The Morgan fingerprint density at radius 2 is 2.00 bits per heavy atom. The second-order valence-electron chi connectivity index (χ2n) is 6.13. The molecule has 0 radical (unpaired) electrons. The van der Waals surface area contributed by atoms with Gasteiger partial charge in [0.2, 0.25) is 0 Å². The summed E-state index contributed by atoms with van der Waals surface area (Å²) in [6, 6.07) is 9.95. The van der Waals surface area contributed by atoms with Crippen LogP contribution in [0.3, 0.4) is 0 Å². The van der Waals surface area contributed by atoms with E-state index < -0.39 is 5.60 Å². The van der Waals surface area contributed by atoms with Crippen LogP contribution in [-0.2, 0) is 16.1 Å². The van der Waals surface area contributed by atoms with Gasteiger partial charge in [-0.3, -0.25) is 4.90 Å². The zero-order chi connectivity index (χ0) is 15.3. The number of carbonyl (C=O) groups excluding carboxylic acids is 1. The molecule has 1 aliphatic heterocycles. The first-order chi connectivity index (χ1) is 9.96. The topological polar surface area (TPSA) is 38.8 Å². The van der Waals surface area contributed by atoms with Gasteiger partial charge in [-0.05, 0) is 26.3 Å². The largest absolute Gasteiger partial charge is 0.444 e. The maximum atomic E-state index is 12.1. The average Bonchev–Trinajstić information content (AvgIpc) is 2.86. The summed E-state index contributed by atoms with van der Waals surface area (Å²) in [5.74, 6) is 0. The van der Waals surface area contributed by atoms with Gasteiger partial charge < -0.3 is 9.47 Å². The van der Waals surface area contributed by atoms with Gasteiger partial charge in [-0.15, -0.1) is 0 Å². The number of hydrogen-bond donors (Lipinski definition) is 0. The highest BCUT2D eigenvalue weighted by molar-refractivity contribution is 5.69. The minimum absolute atomic E-state index is 0.0523. The maximum absolute atomic E-state index is 12.1. The Bertz CT molecular complexity index is 491. The van der Waals surface area contributed by atoms with Crippen molar-refractivity contribution in [3.8, 4) is 0 Å². The highest BCUT2D eigenvalue weighted by Crippen LogP contribution is 2.16. The predicted octanol–water partition coefficient (Wildman–Crippen LogP) is 3.38. The lowest BCUT2D eigenvalue weighted by Gasteiger charge is -2.28. The van der Waals surface area contributed by atoms with Crippen molar-refractivity contribution in [3.63, 3.8) is 0 Å². The minimum atomic E-state index is -0.477. The van der Waals surface area contributed by atoms with Gasteiger partial charge in [0.25, 0.3) is 0 Å². The Morgan fingerprint density at radius 3 is 2.67 bits per heavy atom. The summed E-state index contributed by atoms with van der Waals surface area (Å²) in [6.07, 6.45) is 3.68. The van der Waals surface area contributed by atoms with Crippen molar-refractivity contribution in [1.82, 2.24) is 4.90 Å². The fourth-order valence-corrected chi connectivity index (χ4v) is 2.12. The van der Waals surface area contributed by atoms with Gasteiger partial charge in [0.1, 0.15) is 5.60 Å². The number of benzene rings is 1. The summed E-state index contributed by atoms with van der Waals surface area (Å²) >= 11 is 0. The van der Waals surface area contributed by atoms with Gasteiger partial charge in [-0.25, -0.2) is 4.79 Å². The first-order valence-electron chi connectivity index (χ1n) is 7.24. The average molecular weight is 289 g/mol. The van der Waals surface area contributed by atoms with Crippen LogP contribution in [0.1, 0.15) is 26.3 Å². The van der Waals surface area contributed by atoms with Crippen molar-refractivity contribution in [2.45, 2.75) is 39.0 Å². The summed E-state index contributed by atoms with van der Waals surface area (Å²) in [4.78, 5) is 13.8. The van der Waals surface area contributed by atoms with E-state index >= 15 is 0 Å². The van der Waals surface area contributed by atoms with Crippen LogP contribution < -0.4 is 0 Å². The third-order valence-corrected chi connectivity index (χ3v) is 3.09. The predicted molar refractivity (Wildman–Crippen MR) is 82.0 cm³/mol. The minimum Gasteiger partial charge on any atom is -0.444 e. The number of amides is 1. The van der Waals surface area contributed by atoms with Crippen molar-refractivity contribution in [1.29, 1.82) is 0 Å². The van der Waals surface area contributed by atoms with E-state index in [1.807, 2.05) is 63.3 Å². The second kappa shape index (κ2) is 6.76. The molecule has 1 atom stereocenters. The van der Waals surface area contributed by atoms with E-state index in [-0.39, 0.29) is 12.1 Å². The Labute approximate surface area is 126 Å². The molecule has 1 aromatic carbocycles. The lowest BCUT2D eigenvalue weighted by Crippen LogP contribution is -2.42. The van der Waals surface area contributed by atoms with Crippen molar-refractivity contribution in [3.05, 3.63) is 48.0 Å². The van der Waals surface area contributed by atoms with E-state index in [9.17, 15) is 4.79 Å². The van der Waals surface area contributed by atoms with Crippen LogP contribution in [0.15, 0.2) is 42.5 Å². The number of carbonyl (C=O) groups is 1. The van der Waals surface area contributed by atoms with Crippen molar-refractivity contribution in [2.24, 2.45) is 0 Å². The quantitative estimate of drug-likeness (QED) is 0.798. The molecule has 1 aliphatic rings. The standard InChI is InChI=1S/C17H23NO3/c1-17(2,3)21-16(19)18-11-7-10-15(18)13-20-12-14-8-5-4-6-9-14/h4-10,15H,11-13H2,1-3H3/t15-/m0/s1. The van der Waals surface area contributed by atoms with Crippen LogP contribution in [0.25, 0.3) is 0 Å². The number of rotatable bonds is 4. The maximum Gasteiger partial charge on any atom is 0.411 e. The Hall–Kier alpha value is -1.81. The van der Waals surface area contributed by atoms with Gasteiger partial charge >= 0.3 is 6.09 Å². The highest BCUT2D eigenvalue weighted by Gasteiger charge is 2.29. The zero-order valence-electron chi connectivity index (χ0n) is 12.9. The normalized spacial score (nSPS) is 18.0. The molecule has 0 bridgehead atoms. The number of nitrogens with zero attached hydrogens (tertiary/aromatic N) is 1. The molecule has 0 saturated carbocycles. The van der Waals surface area contributed by atoms with Crippen molar-refractivity contribution in [2.75, 3.05) is 13.2 Å². The molecule has 1 heterocycles. The molecule has 0 N–H and O–H groups in total. The Morgan fingerprint density at radius 1 is 1.29 bits per heavy atom. The third kappa shape index (κ3) is 4.90. The first kappa shape index (κ1) is 15.6. The second-order valence-corrected chi connectivity index (χ2v) is 6.13. The van der Waals surface area contributed by atoms with Crippen LogP contribution in [0.5, 0.6) is 0 Å². The third-order valence-electron chi connectivity index (χ3n) is 3.09. The van der Waals surface area contributed by atoms with Gasteiger partial charge in [-0.2, -0.15) is 0 Å². The fraction of sp³-hybridized carbons (Fsp3) is 0.471. The van der Waals surface area contributed by atoms with Gasteiger partial charge in [0.05, 0.1) is 19.3 Å². The summed E-state index contributed by atoms with van der Waals surface area (Å²) in [6.45, 7) is 7.21. The molecule has 0 aliphatic carbocycles.